The van der Waals surface area contributed by atoms with Gasteiger partial charge >= 0.3 is 6.18 Å². The van der Waals surface area contributed by atoms with Crippen molar-refractivity contribution in [3.8, 4) is 0 Å². The van der Waals surface area contributed by atoms with Crippen LogP contribution < -0.4 is 5.56 Å². The van der Waals surface area contributed by atoms with Gasteiger partial charge in [-0.2, -0.15) is 13.2 Å². The molecule has 0 N–H and O–H groups in total. The summed E-state index contributed by atoms with van der Waals surface area (Å²) in [4.78, 5) is 17.4. The molecular weight excluding hydrogens is 373 g/mol. The zero-order valence-corrected chi connectivity index (χ0v) is 15.6. The summed E-state index contributed by atoms with van der Waals surface area (Å²) in [5.74, 6) is 0.306. The molecule has 3 aromatic rings. The molecular formula is C20H19F3N2OS. The molecule has 0 atom stereocenters. The van der Waals surface area contributed by atoms with Gasteiger partial charge in [0.25, 0.3) is 5.56 Å². The highest BCUT2D eigenvalue weighted by Gasteiger charge is 2.30. The van der Waals surface area contributed by atoms with Crippen molar-refractivity contribution in [3.05, 3.63) is 70.0 Å². The molecule has 1 heterocycles. The summed E-state index contributed by atoms with van der Waals surface area (Å²) in [6.45, 7) is 2.58. The minimum Gasteiger partial charge on any atom is -0.287 e. The van der Waals surface area contributed by atoms with Gasteiger partial charge < -0.3 is 0 Å². The third-order valence-electron chi connectivity index (χ3n) is 4.18. The Labute approximate surface area is 159 Å². The average molecular weight is 392 g/mol. The summed E-state index contributed by atoms with van der Waals surface area (Å²) >= 11 is 1.28. The first kappa shape index (κ1) is 19.5. The molecule has 1 aromatic heterocycles. The Hall–Kier alpha value is -2.28. The number of aromatic nitrogens is 2. The highest BCUT2D eigenvalue weighted by Crippen LogP contribution is 2.31. The lowest BCUT2D eigenvalue weighted by Gasteiger charge is -2.13. The van der Waals surface area contributed by atoms with Crippen LogP contribution >= 0.6 is 11.8 Å². The maximum Gasteiger partial charge on any atom is 0.416 e. The van der Waals surface area contributed by atoms with Crippen molar-refractivity contribution in [2.45, 2.75) is 43.4 Å². The number of thioether (sulfide) groups is 1. The zero-order valence-electron chi connectivity index (χ0n) is 14.8. The van der Waals surface area contributed by atoms with Crippen LogP contribution in [0, 0.1) is 0 Å². The maximum atomic E-state index is 12.9. The average Bonchev–Trinajstić information content (AvgIpc) is 2.65. The number of rotatable bonds is 6. The van der Waals surface area contributed by atoms with E-state index >= 15 is 0 Å². The minimum atomic E-state index is -4.37. The molecule has 0 saturated heterocycles. The number of fused-ring (bicyclic) bond motifs is 1. The van der Waals surface area contributed by atoms with E-state index in [9.17, 15) is 18.0 Å². The highest BCUT2D eigenvalue weighted by atomic mass is 32.2. The fraction of sp³-hybridized carbons (Fsp3) is 0.300. The summed E-state index contributed by atoms with van der Waals surface area (Å²) in [5.41, 5.74) is 0.358. The quantitative estimate of drug-likeness (QED) is 0.410. The normalized spacial score (nSPS) is 11.9. The molecule has 0 spiro atoms. The van der Waals surface area contributed by atoms with Crippen LogP contribution in [-0.4, -0.2) is 9.55 Å². The number of benzene rings is 2. The fourth-order valence-electron chi connectivity index (χ4n) is 2.76. The van der Waals surface area contributed by atoms with Crippen molar-refractivity contribution >= 4 is 22.7 Å². The van der Waals surface area contributed by atoms with E-state index in [1.54, 1.807) is 28.8 Å². The summed E-state index contributed by atoms with van der Waals surface area (Å²) in [5, 5.41) is 1.08. The fourth-order valence-corrected chi connectivity index (χ4v) is 3.72. The monoisotopic (exact) mass is 392 g/mol. The second-order valence-corrected chi connectivity index (χ2v) is 7.15. The molecule has 0 aliphatic rings. The molecule has 0 aliphatic heterocycles. The second kappa shape index (κ2) is 8.17. The van der Waals surface area contributed by atoms with E-state index in [0.29, 0.717) is 33.9 Å². The lowest BCUT2D eigenvalue weighted by atomic mass is 10.1. The van der Waals surface area contributed by atoms with Gasteiger partial charge in [-0.05, 0) is 30.2 Å². The smallest absolute Gasteiger partial charge is 0.287 e. The Kier molecular flexibility index (Phi) is 5.89. The molecule has 0 aliphatic carbocycles. The molecule has 142 valence electrons. The van der Waals surface area contributed by atoms with E-state index in [2.05, 4.69) is 4.98 Å². The first-order valence-corrected chi connectivity index (χ1v) is 9.67. The van der Waals surface area contributed by atoms with E-state index in [4.69, 9.17) is 0 Å². The van der Waals surface area contributed by atoms with Gasteiger partial charge in [0.15, 0.2) is 5.16 Å². The zero-order chi connectivity index (χ0) is 19.4. The maximum absolute atomic E-state index is 12.9. The van der Waals surface area contributed by atoms with E-state index in [1.165, 1.54) is 17.8 Å². The van der Waals surface area contributed by atoms with E-state index in [-0.39, 0.29) is 5.56 Å². The number of halogens is 3. The van der Waals surface area contributed by atoms with Gasteiger partial charge in [-0.25, -0.2) is 4.98 Å². The first-order chi connectivity index (χ1) is 12.9. The molecule has 0 saturated carbocycles. The molecule has 0 radical (unpaired) electrons. The van der Waals surface area contributed by atoms with Gasteiger partial charge in [0.2, 0.25) is 0 Å². The van der Waals surface area contributed by atoms with Crippen molar-refractivity contribution in [2.24, 2.45) is 0 Å². The van der Waals surface area contributed by atoms with Crippen molar-refractivity contribution in [1.29, 1.82) is 0 Å². The molecule has 7 heteroatoms. The molecule has 0 unspecified atom stereocenters. The highest BCUT2D eigenvalue weighted by molar-refractivity contribution is 7.98. The molecule has 3 nitrogen and oxygen atoms in total. The van der Waals surface area contributed by atoms with Gasteiger partial charge in [0.1, 0.15) is 0 Å². The van der Waals surface area contributed by atoms with Gasteiger partial charge in [0, 0.05) is 12.3 Å². The first-order valence-electron chi connectivity index (χ1n) is 8.68. The SMILES string of the molecule is CCCCn1c(SCc2cccc(C(F)(F)F)c2)nc2ccccc2c1=O. The number of unbranched alkanes of at least 4 members (excludes halogenated alkanes) is 1. The van der Waals surface area contributed by atoms with Crippen molar-refractivity contribution < 1.29 is 13.2 Å². The number of para-hydroxylation sites is 1. The predicted molar refractivity (Wildman–Crippen MR) is 102 cm³/mol. The molecule has 3 rings (SSSR count). The molecule has 2 aromatic carbocycles. The van der Waals surface area contributed by atoms with Gasteiger partial charge in [-0.15, -0.1) is 0 Å². The van der Waals surface area contributed by atoms with Crippen molar-refractivity contribution in [2.75, 3.05) is 0 Å². The summed E-state index contributed by atoms with van der Waals surface area (Å²) < 4.78 is 40.3. The van der Waals surface area contributed by atoms with Crippen LogP contribution in [0.15, 0.2) is 58.5 Å². The number of hydrogen-bond acceptors (Lipinski definition) is 3. The van der Waals surface area contributed by atoms with Crippen LogP contribution in [-0.2, 0) is 18.5 Å². The van der Waals surface area contributed by atoms with E-state index in [1.807, 2.05) is 13.0 Å². The molecule has 27 heavy (non-hydrogen) atoms. The number of nitrogens with zero attached hydrogens (tertiary/aromatic N) is 2. The van der Waals surface area contributed by atoms with Crippen molar-refractivity contribution in [1.82, 2.24) is 9.55 Å². The van der Waals surface area contributed by atoms with Gasteiger partial charge in [-0.1, -0.05) is 55.4 Å². The Bertz CT molecular complexity index is 998. The Balaban J connectivity index is 1.93. The van der Waals surface area contributed by atoms with Crippen LogP contribution in [0.3, 0.4) is 0 Å². The molecule has 0 bridgehead atoms. The lowest BCUT2D eigenvalue weighted by molar-refractivity contribution is -0.137. The largest absolute Gasteiger partial charge is 0.416 e. The number of alkyl halides is 3. The number of hydrogen-bond donors (Lipinski definition) is 0. The van der Waals surface area contributed by atoms with Crippen LogP contribution in [0.4, 0.5) is 13.2 Å². The van der Waals surface area contributed by atoms with Crippen LogP contribution in [0.5, 0.6) is 0 Å². The molecule has 0 amide bonds. The Morgan fingerprint density at radius 2 is 1.89 bits per heavy atom. The van der Waals surface area contributed by atoms with Crippen molar-refractivity contribution in [3.63, 3.8) is 0 Å². The summed E-state index contributed by atoms with van der Waals surface area (Å²) in [6.07, 6.45) is -2.61. The second-order valence-electron chi connectivity index (χ2n) is 6.21. The van der Waals surface area contributed by atoms with Gasteiger partial charge in [0.05, 0.1) is 16.5 Å². The molecule has 0 fully saturated rings. The van der Waals surface area contributed by atoms with Crippen LogP contribution in [0.25, 0.3) is 10.9 Å². The summed E-state index contributed by atoms with van der Waals surface area (Å²) in [7, 11) is 0. The summed E-state index contributed by atoms with van der Waals surface area (Å²) in [6, 6.07) is 12.4. The van der Waals surface area contributed by atoms with Gasteiger partial charge in [-0.3, -0.25) is 9.36 Å². The third-order valence-corrected chi connectivity index (χ3v) is 5.23. The van der Waals surface area contributed by atoms with E-state index < -0.39 is 11.7 Å². The Morgan fingerprint density at radius 1 is 1.11 bits per heavy atom. The Morgan fingerprint density at radius 3 is 2.63 bits per heavy atom. The third kappa shape index (κ3) is 4.53. The minimum absolute atomic E-state index is 0.111. The lowest BCUT2D eigenvalue weighted by Crippen LogP contribution is -2.23. The standard InChI is InChI=1S/C20H19F3N2OS/c1-2-3-11-25-18(26)16-9-4-5-10-17(16)24-19(25)27-13-14-7-6-8-15(12-14)20(21,22)23/h4-10,12H,2-3,11,13H2,1H3. The van der Waals surface area contributed by atoms with E-state index in [0.717, 1.165) is 25.0 Å². The topological polar surface area (TPSA) is 34.9 Å². The van der Waals surface area contributed by atoms with Crippen LogP contribution in [0.1, 0.15) is 30.9 Å². The van der Waals surface area contributed by atoms with Crippen LogP contribution in [0.2, 0.25) is 0 Å². The predicted octanol–water partition coefficient (Wildman–Crippen LogP) is 5.51.